The van der Waals surface area contributed by atoms with Crippen molar-refractivity contribution in [2.45, 2.75) is 44.1 Å². The van der Waals surface area contributed by atoms with Crippen LogP contribution in [0.15, 0.2) is 0 Å². The average Bonchev–Trinajstić information content (AvgIpc) is 2.25. The zero-order valence-electron chi connectivity index (χ0n) is 9.41. The van der Waals surface area contributed by atoms with Crippen LogP contribution in [0.25, 0.3) is 0 Å². The zero-order valence-corrected chi connectivity index (χ0v) is 11.0. The summed E-state index contributed by atoms with van der Waals surface area (Å²) in [6.07, 6.45) is 5.86. The van der Waals surface area contributed by atoms with E-state index in [4.69, 9.17) is 11.6 Å². The highest BCUT2D eigenvalue weighted by molar-refractivity contribution is 7.87. The van der Waals surface area contributed by atoms with Crippen LogP contribution in [0, 0.1) is 0 Å². The maximum absolute atomic E-state index is 12.1. The third-order valence-corrected chi connectivity index (χ3v) is 5.81. The minimum absolute atomic E-state index is 0.363. The van der Waals surface area contributed by atoms with E-state index in [1.54, 1.807) is 4.31 Å². The molecule has 1 aliphatic carbocycles. The minimum Gasteiger partial charge on any atom is -0.195 e. The molecule has 6 heteroatoms. The first-order valence-corrected chi connectivity index (χ1v) is 7.90. The van der Waals surface area contributed by atoms with Gasteiger partial charge in [0.05, 0.1) is 0 Å². The molecule has 16 heavy (non-hydrogen) atoms. The lowest BCUT2D eigenvalue weighted by molar-refractivity contribution is 0.240. The Morgan fingerprint density at radius 1 is 1.12 bits per heavy atom. The number of hydrogen-bond acceptors (Lipinski definition) is 2. The molecule has 1 aliphatic heterocycles. The number of piperidine rings is 1. The fraction of sp³-hybridized carbons (Fsp3) is 1.00. The number of nitrogens with one attached hydrogen (secondary N) is 1. The van der Waals surface area contributed by atoms with E-state index < -0.39 is 10.2 Å². The molecular formula is C10H19ClN2O2S. The Balaban J connectivity index is 2.01. The molecule has 1 heterocycles. The van der Waals surface area contributed by atoms with Crippen LogP contribution in [0.2, 0.25) is 0 Å². The van der Waals surface area contributed by atoms with Crippen LogP contribution >= 0.6 is 11.6 Å². The summed E-state index contributed by atoms with van der Waals surface area (Å²) in [5, 5.41) is 0. The average molecular weight is 267 g/mol. The first-order chi connectivity index (χ1) is 7.58. The SMILES string of the molecule is O=S(=O)(NC1(CCl)CCC1)N1CCCCC1. The van der Waals surface area contributed by atoms with Gasteiger partial charge in [0.15, 0.2) is 0 Å². The molecule has 0 spiro atoms. The molecule has 0 atom stereocenters. The Hall–Kier alpha value is 0.160. The summed E-state index contributed by atoms with van der Waals surface area (Å²) < 4.78 is 28.6. The lowest BCUT2D eigenvalue weighted by Crippen LogP contribution is -2.58. The standard InChI is InChI=1S/C10H19ClN2O2S/c11-9-10(5-4-6-10)12-16(14,15)13-7-2-1-3-8-13/h12H,1-9H2. The molecule has 94 valence electrons. The first kappa shape index (κ1) is 12.6. The number of alkyl halides is 1. The van der Waals surface area contributed by atoms with E-state index in [-0.39, 0.29) is 5.54 Å². The van der Waals surface area contributed by atoms with Crippen LogP contribution in [0.5, 0.6) is 0 Å². The van der Waals surface area contributed by atoms with Gasteiger partial charge in [0.25, 0.3) is 10.2 Å². The molecule has 0 radical (unpaired) electrons. The maximum atomic E-state index is 12.1. The number of rotatable bonds is 4. The van der Waals surface area contributed by atoms with Gasteiger partial charge in [0.1, 0.15) is 0 Å². The van der Waals surface area contributed by atoms with E-state index in [9.17, 15) is 8.42 Å². The molecular weight excluding hydrogens is 248 g/mol. The van der Waals surface area contributed by atoms with Crippen LogP contribution in [0.4, 0.5) is 0 Å². The molecule has 1 N–H and O–H groups in total. The Morgan fingerprint density at radius 2 is 1.75 bits per heavy atom. The van der Waals surface area contributed by atoms with Gasteiger partial charge in [-0.15, -0.1) is 11.6 Å². The quantitative estimate of drug-likeness (QED) is 0.784. The van der Waals surface area contributed by atoms with Crippen molar-refractivity contribution in [2.75, 3.05) is 19.0 Å². The molecule has 0 aromatic carbocycles. The molecule has 4 nitrogen and oxygen atoms in total. The van der Waals surface area contributed by atoms with Crippen LogP contribution < -0.4 is 4.72 Å². The Labute approximate surface area is 103 Å². The van der Waals surface area contributed by atoms with Crippen molar-refractivity contribution in [1.29, 1.82) is 0 Å². The molecule has 1 saturated carbocycles. The molecule has 2 rings (SSSR count). The summed E-state index contributed by atoms with van der Waals surface area (Å²) in [6, 6.07) is 0. The van der Waals surface area contributed by atoms with Crippen molar-refractivity contribution in [3.05, 3.63) is 0 Å². The Bertz CT molecular complexity index is 329. The predicted molar refractivity (Wildman–Crippen MR) is 64.8 cm³/mol. The summed E-state index contributed by atoms with van der Waals surface area (Å²) >= 11 is 5.86. The number of hydrogen-bond donors (Lipinski definition) is 1. The van der Waals surface area contributed by atoms with Crippen LogP contribution in [0.3, 0.4) is 0 Å². The smallest absolute Gasteiger partial charge is 0.195 e. The second-order valence-electron chi connectivity index (χ2n) is 4.83. The summed E-state index contributed by atoms with van der Waals surface area (Å²) in [5.41, 5.74) is -0.363. The van der Waals surface area contributed by atoms with Crippen LogP contribution in [-0.2, 0) is 10.2 Å². The van der Waals surface area contributed by atoms with Gasteiger partial charge in [0, 0.05) is 24.5 Å². The molecule has 0 bridgehead atoms. The summed E-state index contributed by atoms with van der Waals surface area (Å²) in [4.78, 5) is 0. The predicted octanol–water partition coefficient (Wildman–Crippen LogP) is 1.47. The fourth-order valence-electron chi connectivity index (χ4n) is 2.31. The van der Waals surface area contributed by atoms with Crippen LogP contribution in [0.1, 0.15) is 38.5 Å². The van der Waals surface area contributed by atoms with Gasteiger partial charge < -0.3 is 0 Å². The second-order valence-corrected chi connectivity index (χ2v) is 6.77. The Kier molecular flexibility index (Phi) is 3.79. The second kappa shape index (κ2) is 4.80. The van der Waals surface area contributed by atoms with Gasteiger partial charge in [-0.1, -0.05) is 6.42 Å². The molecule has 0 unspecified atom stereocenters. The lowest BCUT2D eigenvalue weighted by Gasteiger charge is -2.42. The molecule has 0 amide bonds. The maximum Gasteiger partial charge on any atom is 0.279 e. The minimum atomic E-state index is -3.32. The van der Waals surface area contributed by atoms with E-state index >= 15 is 0 Å². The highest BCUT2D eigenvalue weighted by atomic mass is 35.5. The molecule has 0 aromatic heterocycles. The van der Waals surface area contributed by atoms with Crippen molar-refractivity contribution in [3.63, 3.8) is 0 Å². The third-order valence-electron chi connectivity index (χ3n) is 3.57. The van der Waals surface area contributed by atoms with Crippen molar-refractivity contribution in [1.82, 2.24) is 9.03 Å². The van der Waals surface area contributed by atoms with Gasteiger partial charge >= 0.3 is 0 Å². The molecule has 1 saturated heterocycles. The van der Waals surface area contributed by atoms with E-state index in [1.165, 1.54) is 0 Å². The molecule has 2 fully saturated rings. The van der Waals surface area contributed by atoms with E-state index in [0.717, 1.165) is 38.5 Å². The summed E-state index contributed by atoms with van der Waals surface area (Å²) in [7, 11) is -3.32. The highest BCUT2D eigenvalue weighted by Crippen LogP contribution is 2.34. The first-order valence-electron chi connectivity index (χ1n) is 5.93. The highest BCUT2D eigenvalue weighted by Gasteiger charge is 2.41. The van der Waals surface area contributed by atoms with E-state index in [2.05, 4.69) is 4.72 Å². The van der Waals surface area contributed by atoms with E-state index in [0.29, 0.717) is 19.0 Å². The van der Waals surface area contributed by atoms with Gasteiger partial charge in [-0.25, -0.2) is 0 Å². The molecule has 0 aromatic rings. The van der Waals surface area contributed by atoms with Crippen molar-refractivity contribution >= 4 is 21.8 Å². The van der Waals surface area contributed by atoms with E-state index in [1.807, 2.05) is 0 Å². The zero-order chi connectivity index (χ0) is 11.6. The normalized spacial score (nSPS) is 26.3. The third kappa shape index (κ3) is 2.53. The van der Waals surface area contributed by atoms with Crippen molar-refractivity contribution in [3.8, 4) is 0 Å². The summed E-state index contributed by atoms with van der Waals surface area (Å²) in [5.74, 6) is 0.375. The fourth-order valence-corrected chi connectivity index (χ4v) is 4.41. The topological polar surface area (TPSA) is 49.4 Å². The van der Waals surface area contributed by atoms with Gasteiger partial charge in [-0.05, 0) is 32.1 Å². The van der Waals surface area contributed by atoms with Crippen LogP contribution in [-0.4, -0.2) is 37.2 Å². The lowest BCUT2D eigenvalue weighted by atomic mass is 9.79. The van der Waals surface area contributed by atoms with Gasteiger partial charge in [0.2, 0.25) is 0 Å². The largest absolute Gasteiger partial charge is 0.279 e. The van der Waals surface area contributed by atoms with Crippen molar-refractivity contribution in [2.24, 2.45) is 0 Å². The summed E-state index contributed by atoms with van der Waals surface area (Å²) in [6.45, 7) is 1.29. The number of halogens is 1. The van der Waals surface area contributed by atoms with Crippen molar-refractivity contribution < 1.29 is 8.42 Å². The van der Waals surface area contributed by atoms with Gasteiger partial charge in [-0.2, -0.15) is 17.4 Å². The van der Waals surface area contributed by atoms with Gasteiger partial charge in [-0.3, -0.25) is 0 Å². The Morgan fingerprint density at radius 3 is 2.19 bits per heavy atom. The molecule has 2 aliphatic rings. The monoisotopic (exact) mass is 266 g/mol. The number of nitrogens with zero attached hydrogens (tertiary/aromatic N) is 1.